The molecule has 0 amide bonds. The van der Waals surface area contributed by atoms with E-state index in [1.807, 2.05) is 6.92 Å². The number of aromatic nitrogens is 2. The Morgan fingerprint density at radius 2 is 2.09 bits per heavy atom. The molecule has 8 heteroatoms. The number of halogens is 4. The smallest absolute Gasteiger partial charge is 0.315 e. The number of aryl methyl sites for hydroxylation is 1. The van der Waals surface area contributed by atoms with Gasteiger partial charge in [0.1, 0.15) is 0 Å². The highest BCUT2D eigenvalue weighted by atomic mass is 35.5. The van der Waals surface area contributed by atoms with E-state index in [4.69, 9.17) is 11.6 Å². The van der Waals surface area contributed by atoms with E-state index < -0.39 is 11.7 Å². The molecule has 4 nitrogen and oxygen atoms in total. The van der Waals surface area contributed by atoms with Crippen LogP contribution in [0.2, 0.25) is 5.02 Å². The van der Waals surface area contributed by atoms with Crippen molar-refractivity contribution in [1.29, 1.82) is 0 Å². The van der Waals surface area contributed by atoms with E-state index in [2.05, 4.69) is 15.2 Å². The van der Waals surface area contributed by atoms with Gasteiger partial charge in [0, 0.05) is 25.8 Å². The van der Waals surface area contributed by atoms with Crippen molar-refractivity contribution in [2.24, 2.45) is 0 Å². The van der Waals surface area contributed by atoms with Crippen molar-refractivity contribution in [2.75, 3.05) is 26.2 Å². The summed E-state index contributed by atoms with van der Waals surface area (Å²) >= 11 is 6.02. The molecule has 1 fully saturated rings. The molecule has 2 aromatic heterocycles. The second-order valence-corrected chi connectivity index (χ2v) is 6.20. The van der Waals surface area contributed by atoms with Crippen molar-refractivity contribution in [3.8, 4) is 0 Å². The summed E-state index contributed by atoms with van der Waals surface area (Å²) in [5, 5.41) is 3.33. The molecule has 0 aromatic carbocycles. The number of pyridine rings is 1. The quantitative estimate of drug-likeness (QED) is 0.907. The number of fused-ring (bicyclic) bond motifs is 1. The predicted octanol–water partition coefficient (Wildman–Crippen LogP) is 3.11. The van der Waals surface area contributed by atoms with Crippen LogP contribution in [0.3, 0.4) is 0 Å². The van der Waals surface area contributed by atoms with Crippen LogP contribution in [0.1, 0.15) is 23.4 Å². The van der Waals surface area contributed by atoms with Crippen LogP contribution in [0.4, 0.5) is 13.2 Å². The topological polar surface area (TPSA) is 32.6 Å². The molecule has 23 heavy (non-hydrogen) atoms. The van der Waals surface area contributed by atoms with E-state index >= 15 is 0 Å². The summed E-state index contributed by atoms with van der Waals surface area (Å²) in [6.45, 7) is 5.98. The zero-order chi connectivity index (χ0) is 16.6. The van der Waals surface area contributed by atoms with Gasteiger partial charge in [0.2, 0.25) is 0 Å². The molecule has 0 bridgehead atoms. The minimum Gasteiger partial charge on any atom is -0.315 e. The average molecular weight is 347 g/mol. The Bertz CT molecular complexity index is 703. The van der Waals surface area contributed by atoms with Crippen LogP contribution in [0.15, 0.2) is 12.3 Å². The third-order valence-corrected chi connectivity index (χ3v) is 4.39. The summed E-state index contributed by atoms with van der Waals surface area (Å²) in [5.74, 6) is 0. The lowest BCUT2D eigenvalue weighted by Crippen LogP contribution is -2.28. The van der Waals surface area contributed by atoms with Crippen molar-refractivity contribution < 1.29 is 13.2 Å². The molecule has 1 aliphatic heterocycles. The van der Waals surface area contributed by atoms with E-state index in [9.17, 15) is 13.2 Å². The van der Waals surface area contributed by atoms with Gasteiger partial charge >= 0.3 is 6.18 Å². The molecule has 1 saturated heterocycles. The average Bonchev–Trinajstić information content (AvgIpc) is 2.65. The maximum absolute atomic E-state index is 13.0. The fourth-order valence-corrected chi connectivity index (χ4v) is 3.13. The molecule has 0 saturated carbocycles. The van der Waals surface area contributed by atoms with E-state index in [1.165, 1.54) is 4.40 Å². The standard InChI is InChI=1S/C15H18ClF3N4/c1-10-13(9-22-5-2-3-20-4-6-22)23-8-11(15(17,18)19)7-12(16)14(23)21-10/h7-8,20H,2-6,9H2,1H3. The highest BCUT2D eigenvalue weighted by molar-refractivity contribution is 6.33. The van der Waals surface area contributed by atoms with Crippen LogP contribution < -0.4 is 5.32 Å². The Morgan fingerprint density at radius 1 is 1.30 bits per heavy atom. The molecule has 3 heterocycles. The molecule has 0 radical (unpaired) electrons. The van der Waals surface area contributed by atoms with Gasteiger partial charge < -0.3 is 9.72 Å². The lowest BCUT2D eigenvalue weighted by atomic mass is 10.2. The summed E-state index contributed by atoms with van der Waals surface area (Å²) in [6, 6.07) is 0.933. The molecule has 0 atom stereocenters. The number of nitrogens with one attached hydrogen (secondary N) is 1. The van der Waals surface area contributed by atoms with Gasteiger partial charge in [0.15, 0.2) is 5.65 Å². The van der Waals surface area contributed by atoms with Crippen LogP contribution in [0.5, 0.6) is 0 Å². The molecule has 0 spiro atoms. The number of nitrogens with zero attached hydrogens (tertiary/aromatic N) is 3. The molecule has 2 aromatic rings. The SMILES string of the molecule is Cc1nc2c(Cl)cc(C(F)(F)F)cn2c1CN1CCCNCC1. The minimum absolute atomic E-state index is 0.0201. The molecule has 0 aliphatic carbocycles. The Balaban J connectivity index is 2.01. The largest absolute Gasteiger partial charge is 0.417 e. The summed E-state index contributed by atoms with van der Waals surface area (Å²) in [6.07, 6.45) is -2.32. The number of alkyl halides is 3. The van der Waals surface area contributed by atoms with E-state index in [0.29, 0.717) is 17.9 Å². The van der Waals surface area contributed by atoms with Gasteiger partial charge in [-0.25, -0.2) is 4.98 Å². The lowest BCUT2D eigenvalue weighted by molar-refractivity contribution is -0.137. The highest BCUT2D eigenvalue weighted by Crippen LogP contribution is 2.33. The second-order valence-electron chi connectivity index (χ2n) is 5.79. The second kappa shape index (κ2) is 6.30. The fraction of sp³-hybridized carbons (Fsp3) is 0.533. The Morgan fingerprint density at radius 3 is 2.83 bits per heavy atom. The third-order valence-electron chi connectivity index (χ3n) is 4.11. The number of imidazole rings is 1. The minimum atomic E-state index is -4.43. The Labute approximate surface area is 137 Å². The van der Waals surface area contributed by atoms with Gasteiger partial charge in [-0.2, -0.15) is 13.2 Å². The van der Waals surface area contributed by atoms with Crippen molar-refractivity contribution >= 4 is 17.2 Å². The van der Waals surface area contributed by atoms with E-state index in [-0.39, 0.29) is 5.02 Å². The first-order chi connectivity index (χ1) is 10.9. The van der Waals surface area contributed by atoms with Crippen LogP contribution in [-0.2, 0) is 12.7 Å². The normalized spacial score (nSPS) is 17.6. The third kappa shape index (κ3) is 3.46. The van der Waals surface area contributed by atoms with E-state index in [0.717, 1.165) is 50.6 Å². The fourth-order valence-electron chi connectivity index (χ4n) is 2.88. The molecule has 1 N–H and O–H groups in total. The van der Waals surface area contributed by atoms with Crippen molar-refractivity contribution in [3.05, 3.63) is 34.2 Å². The predicted molar refractivity (Wildman–Crippen MR) is 82.7 cm³/mol. The van der Waals surface area contributed by atoms with Crippen molar-refractivity contribution in [2.45, 2.75) is 26.1 Å². The number of hydrogen-bond donors (Lipinski definition) is 1. The number of rotatable bonds is 2. The molecule has 126 valence electrons. The van der Waals surface area contributed by atoms with Gasteiger partial charge in [-0.05, 0) is 32.5 Å². The van der Waals surface area contributed by atoms with Gasteiger partial charge in [-0.1, -0.05) is 11.6 Å². The Kier molecular flexibility index (Phi) is 4.53. The summed E-state index contributed by atoms with van der Waals surface area (Å²) in [7, 11) is 0. The molecular formula is C15H18ClF3N4. The number of hydrogen-bond acceptors (Lipinski definition) is 3. The Hall–Kier alpha value is -1.31. The van der Waals surface area contributed by atoms with Gasteiger partial charge in [0.25, 0.3) is 0 Å². The summed E-state index contributed by atoms with van der Waals surface area (Å²) < 4.78 is 40.6. The zero-order valence-electron chi connectivity index (χ0n) is 12.8. The first-order valence-electron chi connectivity index (χ1n) is 7.53. The van der Waals surface area contributed by atoms with Crippen LogP contribution >= 0.6 is 11.6 Å². The molecule has 3 rings (SSSR count). The van der Waals surface area contributed by atoms with Gasteiger partial charge in [-0.15, -0.1) is 0 Å². The van der Waals surface area contributed by atoms with Gasteiger partial charge in [0.05, 0.1) is 22.0 Å². The summed E-state index contributed by atoms with van der Waals surface area (Å²) in [4.78, 5) is 6.57. The van der Waals surface area contributed by atoms with Crippen LogP contribution in [-0.4, -0.2) is 40.5 Å². The summed E-state index contributed by atoms with van der Waals surface area (Å²) in [5.41, 5.74) is 1.09. The first kappa shape index (κ1) is 16.5. The molecular weight excluding hydrogens is 329 g/mol. The molecule has 0 unspecified atom stereocenters. The van der Waals surface area contributed by atoms with Crippen LogP contribution in [0, 0.1) is 6.92 Å². The van der Waals surface area contributed by atoms with E-state index in [1.54, 1.807) is 0 Å². The monoisotopic (exact) mass is 346 g/mol. The first-order valence-corrected chi connectivity index (χ1v) is 7.91. The maximum atomic E-state index is 13.0. The zero-order valence-corrected chi connectivity index (χ0v) is 13.5. The van der Waals surface area contributed by atoms with Crippen molar-refractivity contribution in [3.63, 3.8) is 0 Å². The van der Waals surface area contributed by atoms with Crippen LogP contribution in [0.25, 0.3) is 5.65 Å². The molecule has 1 aliphatic rings. The van der Waals surface area contributed by atoms with Gasteiger partial charge in [-0.3, -0.25) is 4.90 Å². The van der Waals surface area contributed by atoms with Crippen molar-refractivity contribution in [1.82, 2.24) is 19.6 Å². The highest BCUT2D eigenvalue weighted by Gasteiger charge is 2.32. The maximum Gasteiger partial charge on any atom is 0.417 e. The lowest BCUT2D eigenvalue weighted by Gasteiger charge is -2.20.